The average Bonchev–Trinajstić information content (AvgIpc) is 2.55. The highest BCUT2D eigenvalue weighted by Crippen LogP contribution is 2.17. The van der Waals surface area contributed by atoms with Crippen molar-refractivity contribution in [1.29, 1.82) is 0 Å². The molecule has 2 rings (SSSR count). The standard InChI is InChI=1S/C9H8N2O3S/c1-15(13,14)11-9-5-3-2-4-7(9)8(6-12)10-11/h2-6H,1H3. The maximum absolute atomic E-state index is 11.4. The van der Waals surface area contributed by atoms with Crippen LogP contribution in [0.3, 0.4) is 0 Å². The van der Waals surface area contributed by atoms with Gasteiger partial charge in [-0.2, -0.15) is 9.19 Å². The molecule has 0 bridgehead atoms. The maximum Gasteiger partial charge on any atom is 0.251 e. The SMILES string of the molecule is CS(=O)(=O)n1nc(C=O)c2ccccc21. The smallest absolute Gasteiger partial charge is 0.251 e. The molecule has 0 aliphatic carbocycles. The molecule has 0 saturated heterocycles. The summed E-state index contributed by atoms with van der Waals surface area (Å²) in [5.74, 6) is 0. The summed E-state index contributed by atoms with van der Waals surface area (Å²) in [5.41, 5.74) is 0.554. The highest BCUT2D eigenvalue weighted by molar-refractivity contribution is 7.89. The zero-order valence-electron chi connectivity index (χ0n) is 7.91. The fourth-order valence-electron chi connectivity index (χ4n) is 1.40. The molecule has 1 aromatic heterocycles. The summed E-state index contributed by atoms with van der Waals surface area (Å²) in [4.78, 5) is 10.7. The van der Waals surface area contributed by atoms with Gasteiger partial charge in [0.1, 0.15) is 5.69 Å². The molecule has 0 N–H and O–H groups in total. The quantitative estimate of drug-likeness (QED) is 0.702. The summed E-state index contributed by atoms with van der Waals surface area (Å²) in [5, 5.41) is 4.28. The Morgan fingerprint density at radius 1 is 1.33 bits per heavy atom. The van der Waals surface area contributed by atoms with Crippen molar-refractivity contribution in [2.24, 2.45) is 0 Å². The van der Waals surface area contributed by atoms with Crippen molar-refractivity contribution in [2.45, 2.75) is 0 Å². The number of aromatic nitrogens is 2. The van der Waals surface area contributed by atoms with E-state index in [-0.39, 0.29) is 5.69 Å². The molecule has 5 nitrogen and oxygen atoms in total. The number of aldehydes is 1. The molecule has 0 amide bonds. The molecule has 6 heteroatoms. The number of carbonyl (C=O) groups is 1. The van der Waals surface area contributed by atoms with Crippen LogP contribution in [0.2, 0.25) is 0 Å². The molecule has 0 aliphatic rings. The molecular weight excluding hydrogens is 216 g/mol. The molecule has 0 aliphatic heterocycles. The summed E-state index contributed by atoms with van der Waals surface area (Å²) in [6.07, 6.45) is 1.59. The molecule has 0 radical (unpaired) electrons. The maximum atomic E-state index is 11.4. The number of hydrogen-bond donors (Lipinski definition) is 0. The molecule has 0 saturated carbocycles. The molecule has 78 valence electrons. The normalized spacial score (nSPS) is 11.8. The van der Waals surface area contributed by atoms with Crippen molar-refractivity contribution in [3.8, 4) is 0 Å². The van der Waals surface area contributed by atoms with Crippen LogP contribution in [0.25, 0.3) is 10.9 Å². The van der Waals surface area contributed by atoms with E-state index in [0.29, 0.717) is 17.2 Å². The molecule has 1 aromatic carbocycles. The molecule has 0 spiro atoms. The van der Waals surface area contributed by atoms with E-state index in [1.807, 2.05) is 0 Å². The zero-order valence-corrected chi connectivity index (χ0v) is 8.73. The van der Waals surface area contributed by atoms with Crippen molar-refractivity contribution in [2.75, 3.05) is 6.26 Å². The van der Waals surface area contributed by atoms with Gasteiger partial charge in [-0.1, -0.05) is 18.2 Å². The molecule has 15 heavy (non-hydrogen) atoms. The third-order valence-corrected chi connectivity index (χ3v) is 2.92. The highest BCUT2D eigenvalue weighted by atomic mass is 32.2. The second kappa shape index (κ2) is 3.16. The van der Waals surface area contributed by atoms with E-state index in [1.54, 1.807) is 24.3 Å². The number of hydrogen-bond acceptors (Lipinski definition) is 4. The number of nitrogens with zero attached hydrogens (tertiary/aromatic N) is 2. The predicted octanol–water partition coefficient (Wildman–Crippen LogP) is 0.657. The van der Waals surface area contributed by atoms with Crippen molar-refractivity contribution < 1.29 is 13.2 Å². The number of carbonyl (C=O) groups excluding carboxylic acids is 1. The number of fused-ring (bicyclic) bond motifs is 1. The Hall–Kier alpha value is -1.69. The van der Waals surface area contributed by atoms with Gasteiger partial charge in [-0.15, -0.1) is 0 Å². The van der Waals surface area contributed by atoms with E-state index in [9.17, 15) is 13.2 Å². The Labute approximate surface area is 86.4 Å². The lowest BCUT2D eigenvalue weighted by atomic mass is 10.2. The molecule has 1 heterocycles. The molecule has 0 fully saturated rings. The lowest BCUT2D eigenvalue weighted by molar-refractivity contribution is 0.112. The molecular formula is C9H8N2O3S. The summed E-state index contributed by atoms with van der Waals surface area (Å²) in [6.45, 7) is 0. The van der Waals surface area contributed by atoms with E-state index in [0.717, 1.165) is 10.3 Å². The van der Waals surface area contributed by atoms with Gasteiger partial charge in [0.2, 0.25) is 0 Å². The van der Waals surface area contributed by atoms with Crippen LogP contribution in [-0.4, -0.2) is 30.1 Å². The van der Waals surface area contributed by atoms with Gasteiger partial charge in [-0.25, -0.2) is 8.42 Å². The van der Waals surface area contributed by atoms with E-state index in [1.165, 1.54) is 0 Å². The van der Waals surface area contributed by atoms with Gasteiger partial charge in [0.25, 0.3) is 10.0 Å². The first-order valence-electron chi connectivity index (χ1n) is 4.17. The van der Waals surface area contributed by atoms with Crippen LogP contribution < -0.4 is 0 Å². The van der Waals surface area contributed by atoms with Crippen LogP contribution in [0.4, 0.5) is 0 Å². The topological polar surface area (TPSA) is 69.0 Å². The molecule has 2 aromatic rings. The van der Waals surface area contributed by atoms with E-state index in [4.69, 9.17) is 0 Å². The number of rotatable bonds is 2. The lowest BCUT2D eigenvalue weighted by Crippen LogP contribution is -2.11. The lowest BCUT2D eigenvalue weighted by Gasteiger charge is -1.97. The van der Waals surface area contributed by atoms with Crippen molar-refractivity contribution in [3.05, 3.63) is 30.0 Å². The predicted molar refractivity (Wildman–Crippen MR) is 55.4 cm³/mol. The van der Waals surface area contributed by atoms with E-state index < -0.39 is 10.0 Å². The van der Waals surface area contributed by atoms with Crippen LogP contribution in [0.15, 0.2) is 24.3 Å². The van der Waals surface area contributed by atoms with Gasteiger partial charge in [-0.05, 0) is 6.07 Å². The van der Waals surface area contributed by atoms with Gasteiger partial charge in [0, 0.05) is 5.39 Å². The van der Waals surface area contributed by atoms with Gasteiger partial charge in [-0.3, -0.25) is 4.79 Å². The monoisotopic (exact) mass is 224 g/mol. The Kier molecular flexibility index (Phi) is 2.08. The highest BCUT2D eigenvalue weighted by Gasteiger charge is 2.15. The van der Waals surface area contributed by atoms with Gasteiger partial charge >= 0.3 is 0 Å². The van der Waals surface area contributed by atoms with Crippen molar-refractivity contribution in [3.63, 3.8) is 0 Å². The Balaban J connectivity index is 2.94. The van der Waals surface area contributed by atoms with Crippen molar-refractivity contribution in [1.82, 2.24) is 9.19 Å². The van der Waals surface area contributed by atoms with Crippen LogP contribution in [-0.2, 0) is 10.0 Å². The largest absolute Gasteiger partial charge is 0.296 e. The van der Waals surface area contributed by atoms with Gasteiger partial charge in [0.15, 0.2) is 6.29 Å². The Bertz CT molecular complexity index is 628. The average molecular weight is 224 g/mol. The number of para-hydroxylation sites is 1. The first-order valence-corrected chi connectivity index (χ1v) is 6.02. The van der Waals surface area contributed by atoms with E-state index in [2.05, 4.69) is 5.10 Å². The fourth-order valence-corrected chi connectivity index (χ4v) is 2.16. The summed E-state index contributed by atoms with van der Waals surface area (Å²) >= 11 is 0. The van der Waals surface area contributed by atoms with Crippen LogP contribution in [0, 0.1) is 0 Å². The summed E-state index contributed by atoms with van der Waals surface area (Å²) in [6, 6.07) is 6.69. The molecule has 0 atom stereocenters. The first kappa shape index (κ1) is 9.85. The minimum atomic E-state index is -3.47. The van der Waals surface area contributed by atoms with E-state index >= 15 is 0 Å². The van der Waals surface area contributed by atoms with Crippen LogP contribution >= 0.6 is 0 Å². The third-order valence-electron chi connectivity index (χ3n) is 2.01. The van der Waals surface area contributed by atoms with Gasteiger partial charge in [0.05, 0.1) is 11.8 Å². The van der Waals surface area contributed by atoms with Crippen molar-refractivity contribution >= 4 is 27.2 Å². The first-order chi connectivity index (χ1) is 7.04. The summed E-state index contributed by atoms with van der Waals surface area (Å²) in [7, 11) is -3.47. The Morgan fingerprint density at radius 3 is 2.60 bits per heavy atom. The minimum absolute atomic E-state index is 0.135. The summed E-state index contributed by atoms with van der Waals surface area (Å²) < 4.78 is 23.6. The minimum Gasteiger partial charge on any atom is -0.296 e. The molecule has 0 unspecified atom stereocenters. The Morgan fingerprint density at radius 2 is 2.00 bits per heavy atom. The number of benzene rings is 1. The van der Waals surface area contributed by atoms with Crippen LogP contribution in [0.1, 0.15) is 10.5 Å². The third kappa shape index (κ3) is 1.52. The van der Waals surface area contributed by atoms with Gasteiger partial charge < -0.3 is 0 Å². The second-order valence-corrected chi connectivity index (χ2v) is 4.94. The zero-order chi connectivity index (χ0) is 11.1. The second-order valence-electron chi connectivity index (χ2n) is 3.13. The fraction of sp³-hybridized carbons (Fsp3) is 0.111. The van der Waals surface area contributed by atoms with Crippen LogP contribution in [0.5, 0.6) is 0 Å².